The maximum absolute atomic E-state index is 10.4. The first-order valence-electron chi connectivity index (χ1n) is 14.0. The van der Waals surface area contributed by atoms with Gasteiger partial charge in [0.05, 0.1) is 35.3 Å². The van der Waals surface area contributed by atoms with Gasteiger partial charge in [-0.1, -0.05) is 24.5 Å². The molecule has 0 saturated heterocycles. The van der Waals surface area contributed by atoms with E-state index in [2.05, 4.69) is 0 Å². The number of aliphatic hydroxyl groups is 1. The van der Waals surface area contributed by atoms with Crippen LogP contribution in [0.1, 0.15) is 48.2 Å². The Labute approximate surface area is 168 Å². The fourth-order valence-electron chi connectivity index (χ4n) is 1.88. The molecule has 0 aliphatic rings. The number of methoxy groups -OCH3 is 2. The van der Waals surface area contributed by atoms with E-state index in [0.29, 0.717) is 0 Å². The summed E-state index contributed by atoms with van der Waals surface area (Å²) in [7, 11) is -1.88. The Kier molecular flexibility index (Phi) is 3.18. The summed E-state index contributed by atoms with van der Waals surface area (Å²) in [4.78, 5) is 0. The molecule has 0 aliphatic carbocycles. The molecule has 4 nitrogen and oxygen atoms in total. The summed E-state index contributed by atoms with van der Waals surface area (Å²) in [5.41, 5.74) is -0.172. The Morgan fingerprint density at radius 1 is 1.24 bits per heavy atom. The molecule has 2 aromatic rings. The Morgan fingerprint density at radius 2 is 2.12 bits per heavy atom. The topological polar surface area (TPSA) is 47.9 Å². The Morgan fingerprint density at radius 3 is 2.92 bits per heavy atom. The highest BCUT2D eigenvalue weighted by Gasteiger charge is 2.07. The van der Waals surface area contributed by atoms with Crippen LogP contribution in [0, 0.1) is 6.92 Å². The van der Waals surface area contributed by atoms with Gasteiger partial charge in [0.15, 0.2) is 11.5 Å². The molecule has 0 saturated carbocycles. The van der Waals surface area contributed by atoms with Crippen molar-refractivity contribution >= 4 is 0 Å². The van der Waals surface area contributed by atoms with Crippen LogP contribution < -0.4 is 14.2 Å². The standard InChI is InChI=1S/C21H28O4/c1-16-7-6-10-19(13-16)25-15-18(22)9-5-4-8-17-11-12-20(23-2)21(14-17)24-3/h6-7,10-14,18,22H,4-5,8-9,15H2,1-3H3/i2D3,4D2,6D,7D,10D,11D,12D,13D,14D,18D. The van der Waals surface area contributed by atoms with Crippen LogP contribution in [-0.2, 0) is 6.42 Å². The van der Waals surface area contributed by atoms with Gasteiger partial charge < -0.3 is 19.3 Å². The number of hydrogen-bond acceptors (Lipinski definition) is 4. The van der Waals surface area contributed by atoms with Crippen molar-refractivity contribution in [3.63, 3.8) is 0 Å². The van der Waals surface area contributed by atoms with E-state index in [9.17, 15) is 5.11 Å². The van der Waals surface area contributed by atoms with Gasteiger partial charge in [-0.15, -0.1) is 0 Å². The minimum absolute atomic E-state index is 0.0859. The van der Waals surface area contributed by atoms with Gasteiger partial charge >= 0.3 is 0 Å². The average Bonchev–Trinajstić information content (AvgIpc) is 2.81. The smallest absolute Gasteiger partial charge is 0.160 e. The Balaban J connectivity index is 2.22. The van der Waals surface area contributed by atoms with E-state index < -0.39 is 87.1 Å². The molecule has 1 unspecified atom stereocenters. The molecule has 0 spiro atoms. The van der Waals surface area contributed by atoms with Crippen molar-refractivity contribution in [1.82, 2.24) is 0 Å². The van der Waals surface area contributed by atoms with Gasteiger partial charge in [-0.05, 0) is 61.4 Å². The van der Waals surface area contributed by atoms with Crippen molar-refractivity contribution in [3.8, 4) is 17.2 Å². The molecule has 2 aromatic carbocycles. The molecule has 25 heavy (non-hydrogen) atoms. The van der Waals surface area contributed by atoms with E-state index in [0.717, 1.165) is 7.11 Å². The highest BCUT2D eigenvalue weighted by molar-refractivity contribution is 5.42. The van der Waals surface area contributed by atoms with E-state index in [1.165, 1.54) is 6.92 Å². The number of hydrogen-bond donors (Lipinski definition) is 1. The van der Waals surface area contributed by atoms with Crippen molar-refractivity contribution < 1.29 is 37.1 Å². The normalized spacial score (nSPS) is 21.6. The molecule has 0 aliphatic heterocycles. The summed E-state index contributed by atoms with van der Waals surface area (Å²) in [6.45, 7) is 0.632. The first-order valence-corrected chi connectivity index (χ1v) is 7.50. The first-order chi connectivity index (χ1) is 17.2. The third-order valence-corrected chi connectivity index (χ3v) is 3.11. The minimum atomic E-state index is -2.98. The fourth-order valence-corrected chi connectivity index (χ4v) is 1.88. The maximum Gasteiger partial charge on any atom is 0.160 e. The van der Waals surface area contributed by atoms with Crippen molar-refractivity contribution in [2.24, 2.45) is 0 Å². The lowest BCUT2D eigenvalue weighted by molar-refractivity contribution is 0.0976. The van der Waals surface area contributed by atoms with Crippen LogP contribution in [0.2, 0.25) is 0 Å². The lowest BCUT2D eigenvalue weighted by Gasteiger charge is -2.13. The highest BCUT2D eigenvalue weighted by atomic mass is 16.5. The van der Waals surface area contributed by atoms with Crippen molar-refractivity contribution in [2.75, 3.05) is 20.8 Å². The number of benzene rings is 2. The van der Waals surface area contributed by atoms with Gasteiger partial charge in [0.2, 0.25) is 0 Å². The van der Waals surface area contributed by atoms with Gasteiger partial charge in [0.1, 0.15) is 12.4 Å². The SMILES string of the molecule is [2H]c1c([2H])c(C)c([2H])c(OCC([2H])(O)CCC([2H])([2H])Cc2c([2H])c([2H])c(OC([2H])([2H])[2H])c(OC)c2[2H])c1[2H]. The monoisotopic (exact) mass is 357 g/mol. The predicted octanol–water partition coefficient (Wildman–Crippen LogP) is 4.16. The zero-order valence-corrected chi connectivity index (χ0v) is 14.0. The molecule has 0 aromatic heterocycles. The summed E-state index contributed by atoms with van der Waals surface area (Å²) in [5, 5.41) is 10.4. The second-order valence-corrected chi connectivity index (χ2v) is 5.05. The van der Waals surface area contributed by atoms with Gasteiger partial charge in [-0.2, -0.15) is 0 Å². The van der Waals surface area contributed by atoms with E-state index >= 15 is 0 Å². The molecule has 0 heterocycles. The summed E-state index contributed by atoms with van der Waals surface area (Å²) in [5.74, 6) is -1.47. The lowest BCUT2D eigenvalue weighted by Crippen LogP contribution is -2.17. The molecule has 2 rings (SSSR count). The van der Waals surface area contributed by atoms with Crippen LogP contribution in [0.5, 0.6) is 17.2 Å². The van der Waals surface area contributed by atoms with Gasteiger partial charge in [-0.25, -0.2) is 0 Å². The summed E-state index contributed by atoms with van der Waals surface area (Å²) >= 11 is 0. The molecule has 0 amide bonds. The molecule has 136 valence electrons. The van der Waals surface area contributed by atoms with Crippen LogP contribution in [0.3, 0.4) is 0 Å². The summed E-state index contributed by atoms with van der Waals surface area (Å²) in [6.07, 6.45) is -6.16. The minimum Gasteiger partial charge on any atom is -0.493 e. The average molecular weight is 358 g/mol. The maximum atomic E-state index is 10.4. The molecule has 0 fully saturated rings. The predicted molar refractivity (Wildman–Crippen MR) is 99.8 cm³/mol. The van der Waals surface area contributed by atoms with E-state index in [1.54, 1.807) is 0 Å². The molecule has 0 bridgehead atoms. The Bertz CT molecular complexity index is 1170. The molecule has 1 N–H and O–H groups in total. The van der Waals surface area contributed by atoms with Crippen molar-refractivity contribution in [1.29, 1.82) is 0 Å². The van der Waals surface area contributed by atoms with Gasteiger partial charge in [0.25, 0.3) is 0 Å². The second kappa shape index (κ2) is 9.94. The van der Waals surface area contributed by atoms with Gasteiger partial charge in [0, 0.05) is 2.74 Å². The summed E-state index contributed by atoms with van der Waals surface area (Å²) < 4.78 is 117. The lowest BCUT2D eigenvalue weighted by atomic mass is 10.0. The number of rotatable bonds is 10. The van der Waals surface area contributed by atoms with E-state index in [1.807, 2.05) is 0 Å². The highest BCUT2D eigenvalue weighted by Crippen LogP contribution is 2.28. The van der Waals surface area contributed by atoms with E-state index in [-0.39, 0.29) is 29.0 Å². The molecular formula is C21H28O4. The summed E-state index contributed by atoms with van der Waals surface area (Å²) in [6, 6.07) is -3.54. The molecule has 0 radical (unpaired) electrons. The molecule has 4 heteroatoms. The fraction of sp³-hybridized carbons (Fsp3) is 0.429. The third-order valence-electron chi connectivity index (χ3n) is 3.11. The van der Waals surface area contributed by atoms with Crippen LogP contribution in [0.4, 0.5) is 0 Å². The second-order valence-electron chi connectivity index (χ2n) is 5.05. The van der Waals surface area contributed by atoms with Crippen LogP contribution in [-0.4, -0.2) is 31.9 Å². The van der Waals surface area contributed by atoms with Crippen LogP contribution >= 0.6 is 0 Å². The van der Waals surface area contributed by atoms with Crippen LogP contribution in [0.25, 0.3) is 0 Å². The zero-order chi connectivity index (χ0) is 29.4. The van der Waals surface area contributed by atoms with E-state index in [4.69, 9.17) is 32.0 Å². The first kappa shape index (κ1) is 8.00. The van der Waals surface area contributed by atoms with Crippen molar-refractivity contribution in [3.05, 3.63) is 53.4 Å². The molecular weight excluding hydrogens is 316 g/mol. The third kappa shape index (κ3) is 6.31. The molecule has 1 atom stereocenters. The van der Waals surface area contributed by atoms with Gasteiger partial charge in [-0.3, -0.25) is 0 Å². The number of ether oxygens (including phenoxy) is 3. The van der Waals surface area contributed by atoms with Crippen LogP contribution in [0.15, 0.2) is 42.3 Å². The zero-order valence-electron chi connectivity index (χ0n) is 27.0. The largest absolute Gasteiger partial charge is 0.493 e. The van der Waals surface area contributed by atoms with Crippen molar-refractivity contribution in [2.45, 2.75) is 38.6 Å². The quantitative estimate of drug-likeness (QED) is 0.693. The Hall–Kier alpha value is -2.20.